The van der Waals surface area contributed by atoms with Crippen LogP contribution in [0.15, 0.2) is 54.6 Å². The number of hydrogen-bond donors (Lipinski definition) is 0. The zero-order valence-corrected chi connectivity index (χ0v) is 20.5. The molecule has 2 aromatic carbocycles. The quantitative estimate of drug-likeness (QED) is 0.603. The van der Waals surface area contributed by atoms with Crippen molar-refractivity contribution >= 4 is 11.8 Å². The number of aryl methyl sites for hydroxylation is 1. The second-order valence-corrected chi connectivity index (χ2v) is 10.6. The van der Waals surface area contributed by atoms with E-state index in [-0.39, 0.29) is 23.1 Å². The van der Waals surface area contributed by atoms with Crippen molar-refractivity contribution in [1.82, 2.24) is 14.7 Å². The molecule has 1 saturated carbocycles. The number of likely N-dealkylation sites (tertiary alicyclic amines) is 1. The highest BCUT2D eigenvalue weighted by Crippen LogP contribution is 2.60. The van der Waals surface area contributed by atoms with Crippen LogP contribution in [-0.4, -0.2) is 65.8 Å². The van der Waals surface area contributed by atoms with E-state index in [1.165, 1.54) is 11.6 Å². The molecule has 3 fully saturated rings. The number of carbonyl (C=O) groups excluding carboxylic acids is 2. The molecule has 1 aliphatic carbocycles. The summed E-state index contributed by atoms with van der Waals surface area (Å²) in [5.41, 5.74) is 2.38. The largest absolute Gasteiger partial charge is 0.343 e. The summed E-state index contributed by atoms with van der Waals surface area (Å²) in [4.78, 5) is 32.2. The van der Waals surface area contributed by atoms with Gasteiger partial charge in [0.05, 0.1) is 0 Å². The Kier molecular flexibility index (Phi) is 7.19. The number of piperazine rings is 1. The Hall–Kier alpha value is -2.73. The highest BCUT2D eigenvalue weighted by atomic mass is 19.1. The number of benzene rings is 2. The summed E-state index contributed by atoms with van der Waals surface area (Å²) in [6.45, 7) is 5.44. The van der Waals surface area contributed by atoms with E-state index < -0.39 is 0 Å². The predicted molar refractivity (Wildman–Crippen MR) is 134 cm³/mol. The minimum Gasteiger partial charge on any atom is -0.343 e. The van der Waals surface area contributed by atoms with Gasteiger partial charge in [-0.15, -0.1) is 0 Å². The van der Waals surface area contributed by atoms with Crippen molar-refractivity contribution in [1.29, 1.82) is 0 Å². The Bertz CT molecular complexity index is 1030. The summed E-state index contributed by atoms with van der Waals surface area (Å²) in [5, 5.41) is 0. The predicted octanol–water partition coefficient (Wildman–Crippen LogP) is 4.12. The van der Waals surface area contributed by atoms with Crippen LogP contribution in [0.5, 0.6) is 0 Å². The van der Waals surface area contributed by atoms with E-state index >= 15 is 0 Å². The lowest BCUT2D eigenvalue weighted by atomic mass is 9.90. The molecule has 1 spiro atoms. The number of piperidine rings is 1. The van der Waals surface area contributed by atoms with E-state index in [1.807, 2.05) is 34.1 Å². The smallest absolute Gasteiger partial charge is 0.226 e. The molecule has 2 saturated heterocycles. The minimum atomic E-state index is -0.199. The van der Waals surface area contributed by atoms with Gasteiger partial charge in [-0.3, -0.25) is 14.5 Å². The normalized spacial score (nSPS) is 21.8. The lowest BCUT2D eigenvalue weighted by Crippen LogP contribution is -2.49. The van der Waals surface area contributed by atoms with Gasteiger partial charge in [-0.1, -0.05) is 42.5 Å². The van der Waals surface area contributed by atoms with Crippen LogP contribution < -0.4 is 0 Å². The van der Waals surface area contributed by atoms with Crippen LogP contribution in [0.3, 0.4) is 0 Å². The SMILES string of the molecule is O=C(CCCc1ccccc1)N1CCC2(CC1)C[C@H]2C(=O)N1CCN(Cc2cccc(F)c2)CC1. The molecule has 0 radical (unpaired) electrons. The zero-order chi connectivity index (χ0) is 24.3. The van der Waals surface area contributed by atoms with Crippen LogP contribution in [0.1, 0.15) is 43.2 Å². The Morgan fingerprint density at radius 2 is 1.57 bits per heavy atom. The summed E-state index contributed by atoms with van der Waals surface area (Å²) in [6, 6.07) is 17.1. The Morgan fingerprint density at radius 1 is 0.857 bits per heavy atom. The molecular formula is C29H36FN3O2. The van der Waals surface area contributed by atoms with Crippen molar-refractivity contribution < 1.29 is 14.0 Å². The molecule has 186 valence electrons. The van der Waals surface area contributed by atoms with E-state index in [4.69, 9.17) is 0 Å². The third-order valence-corrected chi connectivity index (χ3v) is 8.28. The van der Waals surface area contributed by atoms with Crippen molar-refractivity contribution in [2.75, 3.05) is 39.3 Å². The molecule has 35 heavy (non-hydrogen) atoms. The number of amides is 2. The number of halogens is 1. The lowest BCUT2D eigenvalue weighted by molar-refractivity contribution is -0.136. The van der Waals surface area contributed by atoms with E-state index in [0.717, 1.165) is 83.5 Å². The third-order valence-electron chi connectivity index (χ3n) is 8.28. The first-order valence-corrected chi connectivity index (χ1v) is 13.1. The van der Waals surface area contributed by atoms with Gasteiger partial charge in [0.1, 0.15) is 5.82 Å². The van der Waals surface area contributed by atoms with E-state index in [0.29, 0.717) is 12.3 Å². The fraction of sp³-hybridized carbons (Fsp3) is 0.517. The highest BCUT2D eigenvalue weighted by molar-refractivity contribution is 5.83. The van der Waals surface area contributed by atoms with E-state index in [1.54, 1.807) is 12.1 Å². The monoisotopic (exact) mass is 477 g/mol. The second kappa shape index (κ2) is 10.5. The number of nitrogens with zero attached hydrogens (tertiary/aromatic N) is 3. The first-order chi connectivity index (χ1) is 17.0. The van der Waals surface area contributed by atoms with Gasteiger partial charge < -0.3 is 9.80 Å². The summed E-state index contributed by atoms with van der Waals surface area (Å²) >= 11 is 0. The third kappa shape index (κ3) is 5.75. The van der Waals surface area contributed by atoms with Gasteiger partial charge in [0.25, 0.3) is 0 Å². The van der Waals surface area contributed by atoms with Crippen LogP contribution in [0.25, 0.3) is 0 Å². The van der Waals surface area contributed by atoms with Gasteiger partial charge in [0, 0.05) is 58.2 Å². The summed E-state index contributed by atoms with van der Waals surface area (Å²) in [7, 11) is 0. The van der Waals surface area contributed by atoms with Gasteiger partial charge in [-0.05, 0) is 60.8 Å². The highest BCUT2D eigenvalue weighted by Gasteiger charge is 2.59. The molecule has 5 rings (SSSR count). The molecule has 2 aromatic rings. The van der Waals surface area contributed by atoms with Gasteiger partial charge in [-0.2, -0.15) is 0 Å². The fourth-order valence-electron chi connectivity index (χ4n) is 5.94. The Morgan fingerprint density at radius 3 is 2.29 bits per heavy atom. The molecule has 0 unspecified atom stereocenters. The average Bonchev–Trinajstić information content (AvgIpc) is 3.58. The van der Waals surface area contributed by atoms with Crippen molar-refractivity contribution in [3.05, 3.63) is 71.5 Å². The molecule has 0 aromatic heterocycles. The van der Waals surface area contributed by atoms with Crippen molar-refractivity contribution in [3.8, 4) is 0 Å². The second-order valence-electron chi connectivity index (χ2n) is 10.6. The van der Waals surface area contributed by atoms with Crippen LogP contribution >= 0.6 is 0 Å². The van der Waals surface area contributed by atoms with Crippen LogP contribution in [0, 0.1) is 17.2 Å². The van der Waals surface area contributed by atoms with E-state index in [2.05, 4.69) is 17.0 Å². The standard InChI is InChI=1S/C29H36FN3O2/c30-25-10-4-9-24(20-25)22-31-16-18-33(19-17-31)28(35)26-21-29(26)12-14-32(15-13-29)27(34)11-5-8-23-6-2-1-3-7-23/h1-4,6-7,9-10,20,26H,5,8,11-19,21-22H2/t26-/m0/s1. The first-order valence-electron chi connectivity index (χ1n) is 13.1. The molecular weight excluding hydrogens is 441 g/mol. The number of rotatable bonds is 7. The Labute approximate surface area is 207 Å². The molecule has 0 N–H and O–H groups in total. The van der Waals surface area contributed by atoms with Crippen LogP contribution in [0.2, 0.25) is 0 Å². The topological polar surface area (TPSA) is 43.9 Å². The molecule has 0 bridgehead atoms. The zero-order valence-electron chi connectivity index (χ0n) is 20.5. The van der Waals surface area contributed by atoms with Crippen molar-refractivity contribution in [2.24, 2.45) is 11.3 Å². The van der Waals surface area contributed by atoms with Crippen molar-refractivity contribution in [2.45, 2.75) is 45.1 Å². The molecule has 2 heterocycles. The Balaban J connectivity index is 1.03. The van der Waals surface area contributed by atoms with Crippen LogP contribution in [-0.2, 0) is 22.6 Å². The fourth-order valence-corrected chi connectivity index (χ4v) is 5.94. The molecule has 1 atom stereocenters. The maximum absolute atomic E-state index is 13.5. The molecule has 2 amide bonds. The van der Waals surface area contributed by atoms with Gasteiger partial charge in [0.2, 0.25) is 11.8 Å². The van der Waals surface area contributed by atoms with Gasteiger partial charge >= 0.3 is 0 Å². The minimum absolute atomic E-state index is 0.122. The summed E-state index contributed by atoms with van der Waals surface area (Å²) in [6.07, 6.45) is 5.31. The molecule has 2 aliphatic heterocycles. The molecule has 5 nitrogen and oxygen atoms in total. The number of hydrogen-bond acceptors (Lipinski definition) is 3. The maximum Gasteiger partial charge on any atom is 0.226 e. The van der Waals surface area contributed by atoms with Crippen molar-refractivity contribution in [3.63, 3.8) is 0 Å². The maximum atomic E-state index is 13.5. The van der Waals surface area contributed by atoms with E-state index in [9.17, 15) is 14.0 Å². The number of carbonyl (C=O) groups is 2. The summed E-state index contributed by atoms with van der Waals surface area (Å²) in [5.74, 6) is 0.495. The lowest BCUT2D eigenvalue weighted by Gasteiger charge is -2.36. The molecule has 6 heteroatoms. The average molecular weight is 478 g/mol. The van der Waals surface area contributed by atoms with Gasteiger partial charge in [0.15, 0.2) is 0 Å². The molecule has 3 aliphatic rings. The summed E-state index contributed by atoms with van der Waals surface area (Å²) < 4.78 is 13.5. The van der Waals surface area contributed by atoms with Crippen LogP contribution in [0.4, 0.5) is 4.39 Å². The van der Waals surface area contributed by atoms with Gasteiger partial charge in [-0.25, -0.2) is 4.39 Å². The first kappa shape index (κ1) is 24.0.